The highest BCUT2D eigenvalue weighted by molar-refractivity contribution is 5.99. The zero-order valence-electron chi connectivity index (χ0n) is 24.9. The SMILES string of the molecule is Cc1cccc(C[C@H](NC(=O)c2cc3ccc(Oc4ccc(C(C)(C)C)cc4)cc3c(CC3CCCC3)n2)C(=O)O)c1. The van der Waals surface area contributed by atoms with E-state index < -0.39 is 17.9 Å². The molecule has 6 nitrogen and oxygen atoms in total. The maximum atomic E-state index is 13.4. The average Bonchev–Trinajstić information content (AvgIpc) is 3.46. The number of amides is 1. The standard InChI is InChI=1S/C36H40N2O4/c1-23-8-7-11-25(18-23)20-33(35(40)41)38-34(39)32-21-26-12-15-29(42-28-16-13-27(14-17-28)36(2,3)4)22-30(26)31(37-32)19-24-9-5-6-10-24/h7-8,11-18,21-22,24,33H,5-6,9-10,19-20H2,1-4H3,(H,38,39)(H,40,41)/t33-/m0/s1. The Labute approximate surface area is 248 Å². The van der Waals surface area contributed by atoms with Crippen molar-refractivity contribution in [1.82, 2.24) is 10.3 Å². The number of rotatable bonds is 9. The Morgan fingerprint density at radius 2 is 1.69 bits per heavy atom. The van der Waals surface area contributed by atoms with E-state index in [1.54, 1.807) is 6.07 Å². The van der Waals surface area contributed by atoms with Crippen LogP contribution in [0.4, 0.5) is 0 Å². The van der Waals surface area contributed by atoms with Crippen LogP contribution in [-0.4, -0.2) is 28.0 Å². The normalized spacial score (nSPS) is 14.6. The van der Waals surface area contributed by atoms with Gasteiger partial charge in [0.25, 0.3) is 5.91 Å². The number of aromatic nitrogens is 1. The smallest absolute Gasteiger partial charge is 0.326 e. The van der Waals surface area contributed by atoms with Gasteiger partial charge in [0.2, 0.25) is 0 Å². The highest BCUT2D eigenvalue weighted by atomic mass is 16.5. The van der Waals surface area contributed by atoms with Crippen LogP contribution in [0.5, 0.6) is 11.5 Å². The van der Waals surface area contributed by atoms with Crippen LogP contribution >= 0.6 is 0 Å². The molecule has 0 spiro atoms. The molecule has 5 rings (SSSR count). The van der Waals surface area contributed by atoms with Crippen LogP contribution in [-0.2, 0) is 23.1 Å². The molecule has 1 aliphatic rings. The number of carboxylic acid groups (broad SMARTS) is 1. The number of benzene rings is 3. The van der Waals surface area contributed by atoms with Gasteiger partial charge in [-0.2, -0.15) is 0 Å². The molecular formula is C36H40N2O4. The van der Waals surface area contributed by atoms with Gasteiger partial charge in [-0.1, -0.05) is 94.5 Å². The van der Waals surface area contributed by atoms with Crippen molar-refractivity contribution >= 4 is 22.6 Å². The minimum absolute atomic E-state index is 0.0668. The lowest BCUT2D eigenvalue weighted by atomic mass is 9.87. The Bertz CT molecular complexity index is 1580. The summed E-state index contributed by atoms with van der Waals surface area (Å²) in [5.74, 6) is 0.429. The van der Waals surface area contributed by atoms with E-state index in [0.29, 0.717) is 11.7 Å². The molecule has 0 aliphatic heterocycles. The first-order valence-corrected chi connectivity index (χ1v) is 14.9. The van der Waals surface area contributed by atoms with Crippen molar-refractivity contribution < 1.29 is 19.4 Å². The van der Waals surface area contributed by atoms with E-state index in [0.717, 1.165) is 52.6 Å². The van der Waals surface area contributed by atoms with Crippen molar-refractivity contribution in [1.29, 1.82) is 0 Å². The predicted molar refractivity (Wildman–Crippen MR) is 166 cm³/mol. The fourth-order valence-corrected chi connectivity index (χ4v) is 5.79. The van der Waals surface area contributed by atoms with Crippen molar-refractivity contribution in [2.75, 3.05) is 0 Å². The van der Waals surface area contributed by atoms with Gasteiger partial charge in [0.05, 0.1) is 0 Å². The first kappa shape index (κ1) is 29.3. The summed E-state index contributed by atoms with van der Waals surface area (Å²) in [6.45, 7) is 8.52. The quantitative estimate of drug-likeness (QED) is 0.217. The van der Waals surface area contributed by atoms with Gasteiger partial charge >= 0.3 is 5.97 Å². The number of aliphatic carboxylic acids is 1. The molecule has 1 atom stereocenters. The number of carbonyl (C=O) groups excluding carboxylic acids is 1. The Morgan fingerprint density at radius 1 is 0.976 bits per heavy atom. The Hall–Kier alpha value is -4.19. The number of ether oxygens (including phenoxy) is 1. The molecule has 3 aromatic carbocycles. The Balaban J connectivity index is 1.42. The topological polar surface area (TPSA) is 88.5 Å². The first-order valence-electron chi connectivity index (χ1n) is 14.9. The number of hydrogen-bond acceptors (Lipinski definition) is 4. The monoisotopic (exact) mass is 564 g/mol. The summed E-state index contributed by atoms with van der Waals surface area (Å²) in [7, 11) is 0. The van der Waals surface area contributed by atoms with Crippen LogP contribution in [0.1, 0.15) is 79.3 Å². The maximum absolute atomic E-state index is 13.4. The molecule has 2 N–H and O–H groups in total. The van der Waals surface area contributed by atoms with Crippen LogP contribution in [0, 0.1) is 12.8 Å². The highest BCUT2D eigenvalue weighted by Gasteiger charge is 2.24. The molecule has 42 heavy (non-hydrogen) atoms. The summed E-state index contributed by atoms with van der Waals surface area (Å²) < 4.78 is 6.23. The molecule has 1 amide bonds. The van der Waals surface area contributed by atoms with Crippen molar-refractivity contribution in [3.05, 3.63) is 101 Å². The molecule has 1 saturated carbocycles. The molecule has 0 radical (unpaired) electrons. The van der Waals surface area contributed by atoms with Gasteiger partial charge in [0.1, 0.15) is 23.2 Å². The summed E-state index contributed by atoms with van der Waals surface area (Å²) in [5, 5.41) is 14.4. The second-order valence-electron chi connectivity index (χ2n) is 12.6. The van der Waals surface area contributed by atoms with Gasteiger partial charge in [0, 0.05) is 17.5 Å². The lowest BCUT2D eigenvalue weighted by Crippen LogP contribution is -2.42. The van der Waals surface area contributed by atoms with Crippen LogP contribution in [0.25, 0.3) is 10.8 Å². The largest absolute Gasteiger partial charge is 0.480 e. The van der Waals surface area contributed by atoms with Crippen LogP contribution < -0.4 is 10.1 Å². The van der Waals surface area contributed by atoms with Crippen LogP contribution in [0.2, 0.25) is 0 Å². The zero-order valence-corrected chi connectivity index (χ0v) is 24.9. The van der Waals surface area contributed by atoms with E-state index in [-0.39, 0.29) is 17.5 Å². The number of fused-ring (bicyclic) bond motifs is 1. The van der Waals surface area contributed by atoms with Gasteiger partial charge in [-0.3, -0.25) is 4.79 Å². The fraction of sp³-hybridized carbons (Fsp3) is 0.361. The number of carboxylic acids is 1. The number of carbonyl (C=O) groups is 2. The summed E-state index contributed by atoms with van der Waals surface area (Å²) in [6, 6.07) is 22.4. The number of nitrogens with zero attached hydrogens (tertiary/aromatic N) is 1. The number of hydrogen-bond donors (Lipinski definition) is 2. The van der Waals surface area contributed by atoms with Crippen LogP contribution in [0.15, 0.2) is 72.8 Å². The molecule has 218 valence electrons. The second kappa shape index (κ2) is 12.4. The molecule has 1 aromatic heterocycles. The third-order valence-corrected chi connectivity index (χ3v) is 8.15. The fourth-order valence-electron chi connectivity index (χ4n) is 5.79. The summed E-state index contributed by atoms with van der Waals surface area (Å²) >= 11 is 0. The van der Waals surface area contributed by atoms with E-state index in [4.69, 9.17) is 9.72 Å². The molecule has 1 aliphatic carbocycles. The van der Waals surface area contributed by atoms with E-state index in [1.165, 1.54) is 18.4 Å². The molecule has 1 heterocycles. The molecule has 0 unspecified atom stereocenters. The molecule has 4 aromatic rings. The zero-order chi connectivity index (χ0) is 29.9. The number of pyridine rings is 1. The van der Waals surface area contributed by atoms with Gasteiger partial charge < -0.3 is 15.2 Å². The second-order valence-corrected chi connectivity index (χ2v) is 12.6. The minimum Gasteiger partial charge on any atom is -0.480 e. The average molecular weight is 565 g/mol. The van der Waals surface area contributed by atoms with Crippen molar-refractivity contribution in [2.45, 2.75) is 77.7 Å². The van der Waals surface area contributed by atoms with Gasteiger partial charge in [0.15, 0.2) is 0 Å². The van der Waals surface area contributed by atoms with Gasteiger partial charge in [-0.15, -0.1) is 0 Å². The van der Waals surface area contributed by atoms with E-state index in [1.807, 2.05) is 61.5 Å². The Kier molecular flexibility index (Phi) is 8.62. The van der Waals surface area contributed by atoms with Gasteiger partial charge in [-0.05, 0) is 71.5 Å². The van der Waals surface area contributed by atoms with E-state index >= 15 is 0 Å². The van der Waals surface area contributed by atoms with Crippen LogP contribution in [0.3, 0.4) is 0 Å². The molecular weight excluding hydrogens is 524 g/mol. The number of aryl methyl sites for hydroxylation is 1. The summed E-state index contributed by atoms with van der Waals surface area (Å²) in [5.41, 5.74) is 4.29. The van der Waals surface area contributed by atoms with Crippen molar-refractivity contribution in [3.63, 3.8) is 0 Å². The third-order valence-electron chi connectivity index (χ3n) is 8.15. The molecule has 0 saturated heterocycles. The molecule has 6 heteroatoms. The van der Waals surface area contributed by atoms with E-state index in [2.05, 4.69) is 38.2 Å². The lowest BCUT2D eigenvalue weighted by molar-refractivity contribution is -0.139. The third kappa shape index (κ3) is 7.17. The van der Waals surface area contributed by atoms with Gasteiger partial charge in [-0.25, -0.2) is 9.78 Å². The van der Waals surface area contributed by atoms with E-state index in [9.17, 15) is 14.7 Å². The first-order chi connectivity index (χ1) is 20.0. The number of nitrogens with one attached hydrogen (secondary N) is 1. The Morgan fingerprint density at radius 3 is 2.36 bits per heavy atom. The lowest BCUT2D eigenvalue weighted by Gasteiger charge is -2.19. The molecule has 1 fully saturated rings. The summed E-state index contributed by atoms with van der Waals surface area (Å²) in [4.78, 5) is 30.3. The molecule has 0 bridgehead atoms. The van der Waals surface area contributed by atoms with Crippen molar-refractivity contribution in [3.8, 4) is 11.5 Å². The minimum atomic E-state index is -1.07. The maximum Gasteiger partial charge on any atom is 0.326 e. The highest BCUT2D eigenvalue weighted by Crippen LogP contribution is 2.33. The predicted octanol–water partition coefficient (Wildman–Crippen LogP) is 7.79. The van der Waals surface area contributed by atoms with Crippen molar-refractivity contribution in [2.24, 2.45) is 5.92 Å². The summed E-state index contributed by atoms with van der Waals surface area (Å²) in [6.07, 6.45) is 5.68.